The molecule has 3 aromatic rings. The molecule has 0 aliphatic heterocycles. The van der Waals surface area contributed by atoms with E-state index in [4.69, 9.17) is 33.7 Å². The number of halogens is 2. The van der Waals surface area contributed by atoms with Crippen LogP contribution in [0.4, 0.5) is 5.69 Å². The van der Waals surface area contributed by atoms with E-state index < -0.39 is 0 Å². The number of aromatic nitrogens is 2. The van der Waals surface area contributed by atoms with Crippen LogP contribution in [0, 0.1) is 6.92 Å². The van der Waals surface area contributed by atoms with E-state index in [1.54, 1.807) is 12.1 Å². The molecule has 24 heavy (non-hydrogen) atoms. The van der Waals surface area contributed by atoms with Crippen LogP contribution in [0.15, 0.2) is 58.7 Å². The monoisotopic (exact) mass is 377 g/mol. The van der Waals surface area contributed by atoms with Crippen LogP contribution < -0.4 is 10.5 Å². The van der Waals surface area contributed by atoms with Crippen LogP contribution in [0.2, 0.25) is 10.0 Å². The third kappa shape index (κ3) is 3.93. The second-order valence-electron chi connectivity index (χ2n) is 4.97. The zero-order valence-electron chi connectivity index (χ0n) is 12.7. The lowest BCUT2D eigenvalue weighted by Gasteiger charge is -2.10. The van der Waals surface area contributed by atoms with Crippen LogP contribution in [0.3, 0.4) is 0 Å². The minimum absolute atomic E-state index is 0.309. The van der Waals surface area contributed by atoms with Crippen molar-refractivity contribution in [2.24, 2.45) is 0 Å². The average molecular weight is 378 g/mol. The molecule has 0 amide bonds. The Morgan fingerprint density at radius 2 is 1.79 bits per heavy atom. The number of nitrogen functional groups attached to an aromatic ring is 1. The van der Waals surface area contributed by atoms with Crippen molar-refractivity contribution >= 4 is 40.7 Å². The van der Waals surface area contributed by atoms with Gasteiger partial charge in [-0.05, 0) is 55.0 Å². The first-order chi connectivity index (χ1) is 11.5. The Hall–Kier alpha value is -1.95. The zero-order valence-corrected chi connectivity index (χ0v) is 15.0. The Bertz CT molecular complexity index is 872. The highest BCUT2D eigenvalue weighted by molar-refractivity contribution is 7.99. The lowest BCUT2D eigenvalue weighted by atomic mass is 10.2. The van der Waals surface area contributed by atoms with Crippen molar-refractivity contribution in [2.45, 2.75) is 16.8 Å². The van der Waals surface area contributed by atoms with Gasteiger partial charge in [0.25, 0.3) is 0 Å². The largest absolute Gasteiger partial charge is 0.437 e. The van der Waals surface area contributed by atoms with Crippen LogP contribution in [0.5, 0.6) is 11.6 Å². The molecule has 0 aliphatic rings. The van der Waals surface area contributed by atoms with E-state index in [1.165, 1.54) is 18.1 Å². The van der Waals surface area contributed by atoms with E-state index in [-0.39, 0.29) is 0 Å². The third-order valence-corrected chi connectivity index (χ3v) is 4.89. The minimum Gasteiger partial charge on any atom is -0.437 e. The summed E-state index contributed by atoms with van der Waals surface area (Å²) in [6.45, 7) is 1.90. The van der Waals surface area contributed by atoms with Gasteiger partial charge in [0.1, 0.15) is 22.8 Å². The maximum Gasteiger partial charge on any atom is 0.247 e. The highest BCUT2D eigenvalue weighted by atomic mass is 35.5. The van der Waals surface area contributed by atoms with Gasteiger partial charge in [-0.15, -0.1) is 0 Å². The molecule has 1 heterocycles. The summed E-state index contributed by atoms with van der Waals surface area (Å²) in [5, 5.41) is 1.97. The van der Waals surface area contributed by atoms with Gasteiger partial charge in [-0.1, -0.05) is 35.0 Å². The lowest BCUT2D eigenvalue weighted by Crippen LogP contribution is -1.99. The standard InChI is InChI=1S/C17H13Cl2N3OS/c1-10-8-12(4-7-14(10)19)23-16-15(20)17(22-9-21-16)24-13-5-2-11(18)3-6-13/h2-9H,20H2,1H3. The fourth-order valence-corrected chi connectivity index (χ4v) is 2.97. The van der Waals surface area contributed by atoms with Gasteiger partial charge < -0.3 is 10.5 Å². The number of anilines is 1. The molecule has 0 aliphatic carbocycles. The first-order valence-electron chi connectivity index (χ1n) is 7.01. The first kappa shape index (κ1) is 16.9. The summed E-state index contributed by atoms with van der Waals surface area (Å²) >= 11 is 13.3. The quantitative estimate of drug-likeness (QED) is 0.597. The summed E-state index contributed by atoms with van der Waals surface area (Å²) < 4.78 is 5.77. The predicted molar refractivity (Wildman–Crippen MR) is 98.3 cm³/mol. The van der Waals surface area contributed by atoms with Crippen molar-refractivity contribution in [3.05, 3.63) is 64.4 Å². The Morgan fingerprint density at radius 1 is 1.04 bits per heavy atom. The predicted octanol–water partition coefficient (Wildman–Crippen LogP) is 5.62. The number of aryl methyl sites for hydroxylation is 1. The molecule has 2 N–H and O–H groups in total. The number of rotatable bonds is 4. The van der Waals surface area contributed by atoms with Crippen molar-refractivity contribution < 1.29 is 4.74 Å². The van der Waals surface area contributed by atoms with Crippen LogP contribution in [0.25, 0.3) is 0 Å². The van der Waals surface area contributed by atoms with Gasteiger partial charge in [-0.2, -0.15) is 4.98 Å². The van der Waals surface area contributed by atoms with Crippen molar-refractivity contribution in [1.29, 1.82) is 0 Å². The van der Waals surface area contributed by atoms with Crippen LogP contribution in [-0.4, -0.2) is 9.97 Å². The number of hydrogen-bond donors (Lipinski definition) is 1. The van der Waals surface area contributed by atoms with E-state index in [9.17, 15) is 0 Å². The number of benzene rings is 2. The molecule has 0 fully saturated rings. The van der Waals surface area contributed by atoms with Crippen LogP contribution >= 0.6 is 35.0 Å². The fraction of sp³-hybridized carbons (Fsp3) is 0.0588. The van der Waals surface area contributed by atoms with E-state index in [1.807, 2.05) is 37.3 Å². The Labute approximate surface area is 154 Å². The van der Waals surface area contributed by atoms with Crippen molar-refractivity contribution in [1.82, 2.24) is 9.97 Å². The summed E-state index contributed by atoms with van der Waals surface area (Å²) in [5.74, 6) is 0.924. The Morgan fingerprint density at radius 3 is 2.50 bits per heavy atom. The molecule has 7 heteroatoms. The van der Waals surface area contributed by atoms with Crippen molar-refractivity contribution in [2.75, 3.05) is 5.73 Å². The molecule has 4 nitrogen and oxygen atoms in total. The summed E-state index contributed by atoms with van der Waals surface area (Å²) in [4.78, 5) is 9.31. The third-order valence-electron chi connectivity index (χ3n) is 3.18. The van der Waals surface area contributed by atoms with Crippen molar-refractivity contribution in [3.63, 3.8) is 0 Å². The molecule has 2 aromatic carbocycles. The van der Waals surface area contributed by atoms with E-state index in [0.717, 1.165) is 10.5 Å². The van der Waals surface area contributed by atoms with Gasteiger partial charge in [-0.3, -0.25) is 0 Å². The SMILES string of the molecule is Cc1cc(Oc2ncnc(Sc3ccc(Cl)cc3)c2N)ccc1Cl. The van der Waals surface area contributed by atoms with Crippen LogP contribution in [-0.2, 0) is 0 Å². The molecular weight excluding hydrogens is 365 g/mol. The van der Waals surface area contributed by atoms with Gasteiger partial charge in [0, 0.05) is 14.9 Å². The molecular formula is C17H13Cl2N3OS. The van der Waals surface area contributed by atoms with Gasteiger partial charge in [-0.25, -0.2) is 4.98 Å². The molecule has 0 atom stereocenters. The fourth-order valence-electron chi connectivity index (χ4n) is 1.93. The van der Waals surface area contributed by atoms with Gasteiger partial charge >= 0.3 is 0 Å². The van der Waals surface area contributed by atoms with E-state index in [0.29, 0.717) is 32.4 Å². The smallest absolute Gasteiger partial charge is 0.247 e. The maximum absolute atomic E-state index is 6.15. The number of nitrogens with two attached hydrogens (primary N) is 1. The molecule has 122 valence electrons. The molecule has 0 saturated heterocycles. The summed E-state index contributed by atoms with van der Waals surface area (Å²) in [6, 6.07) is 12.8. The molecule has 0 unspecified atom stereocenters. The molecule has 3 rings (SSSR count). The Kier molecular flexibility index (Phi) is 5.14. The van der Waals surface area contributed by atoms with Gasteiger partial charge in [0.2, 0.25) is 5.88 Å². The number of nitrogens with zero attached hydrogens (tertiary/aromatic N) is 2. The average Bonchev–Trinajstić information content (AvgIpc) is 2.57. The molecule has 1 aromatic heterocycles. The number of hydrogen-bond acceptors (Lipinski definition) is 5. The van der Waals surface area contributed by atoms with Gasteiger partial charge in [0.05, 0.1) is 0 Å². The summed E-state index contributed by atoms with van der Waals surface area (Å²) in [5.41, 5.74) is 7.45. The highest BCUT2D eigenvalue weighted by Gasteiger charge is 2.12. The highest BCUT2D eigenvalue weighted by Crippen LogP contribution is 2.36. The van der Waals surface area contributed by atoms with E-state index >= 15 is 0 Å². The zero-order chi connectivity index (χ0) is 17.1. The minimum atomic E-state index is 0.309. The maximum atomic E-state index is 6.15. The lowest BCUT2D eigenvalue weighted by molar-refractivity contribution is 0.462. The van der Waals surface area contributed by atoms with E-state index in [2.05, 4.69) is 9.97 Å². The second kappa shape index (κ2) is 7.30. The molecule has 0 saturated carbocycles. The Balaban J connectivity index is 1.84. The normalized spacial score (nSPS) is 10.6. The van der Waals surface area contributed by atoms with Gasteiger partial charge in [0.15, 0.2) is 0 Å². The topological polar surface area (TPSA) is 61.0 Å². The van der Waals surface area contributed by atoms with Crippen molar-refractivity contribution in [3.8, 4) is 11.6 Å². The second-order valence-corrected chi connectivity index (χ2v) is 6.87. The molecule has 0 spiro atoms. The first-order valence-corrected chi connectivity index (χ1v) is 8.58. The summed E-state index contributed by atoms with van der Waals surface area (Å²) in [7, 11) is 0. The molecule has 0 radical (unpaired) electrons. The number of ether oxygens (including phenoxy) is 1. The summed E-state index contributed by atoms with van der Waals surface area (Å²) in [6.07, 6.45) is 1.42. The molecule has 0 bridgehead atoms. The van der Waals surface area contributed by atoms with Crippen LogP contribution in [0.1, 0.15) is 5.56 Å².